The first-order valence-electron chi connectivity index (χ1n) is 8.15. The number of anilines is 1. The maximum Gasteiger partial charge on any atom is 0.251 e. The molecule has 2 rings (SSSR count). The van der Waals surface area contributed by atoms with Crippen LogP contribution in [-0.4, -0.2) is 24.0 Å². The van der Waals surface area contributed by atoms with E-state index in [1.165, 1.54) is 19.3 Å². The van der Waals surface area contributed by atoms with Gasteiger partial charge in [0, 0.05) is 24.3 Å². The Bertz CT molecular complexity index is 457. The summed E-state index contributed by atoms with van der Waals surface area (Å²) < 4.78 is 0. The largest absolute Gasteiger partial charge is 0.373 e. The van der Waals surface area contributed by atoms with Crippen molar-refractivity contribution in [2.24, 2.45) is 5.92 Å². The van der Waals surface area contributed by atoms with E-state index in [0.29, 0.717) is 11.6 Å². The zero-order valence-electron chi connectivity index (χ0n) is 13.4. The summed E-state index contributed by atoms with van der Waals surface area (Å²) in [6.45, 7) is 4.31. The molecule has 0 unspecified atom stereocenters. The Labute approximate surface area is 127 Å². The molecule has 1 heterocycles. The number of aryl methyl sites for hydroxylation is 1. The Hall–Kier alpha value is -1.58. The summed E-state index contributed by atoms with van der Waals surface area (Å²) in [6, 6.07) is 4.05. The van der Waals surface area contributed by atoms with Crippen molar-refractivity contribution in [1.29, 1.82) is 0 Å². The van der Waals surface area contributed by atoms with Gasteiger partial charge in [0.25, 0.3) is 5.91 Å². The highest BCUT2D eigenvalue weighted by atomic mass is 16.1. The molecule has 4 nitrogen and oxygen atoms in total. The van der Waals surface area contributed by atoms with Crippen molar-refractivity contribution in [3.05, 3.63) is 23.4 Å². The van der Waals surface area contributed by atoms with Gasteiger partial charge in [0.15, 0.2) is 0 Å². The normalized spacial score (nSPS) is 21.9. The van der Waals surface area contributed by atoms with Gasteiger partial charge in [-0.2, -0.15) is 0 Å². The second kappa shape index (κ2) is 7.43. The van der Waals surface area contributed by atoms with E-state index in [2.05, 4.69) is 29.5 Å². The van der Waals surface area contributed by atoms with Crippen LogP contribution in [0, 0.1) is 5.92 Å². The second-order valence-corrected chi connectivity index (χ2v) is 5.94. The Balaban J connectivity index is 2.00. The number of nitrogens with one attached hydrogen (secondary N) is 2. The molecule has 0 atom stereocenters. The van der Waals surface area contributed by atoms with Gasteiger partial charge in [0.1, 0.15) is 5.82 Å². The van der Waals surface area contributed by atoms with Crippen LogP contribution in [0.1, 0.15) is 62.0 Å². The molecule has 4 heteroatoms. The molecular formula is C17H27N3O. The first-order valence-corrected chi connectivity index (χ1v) is 8.15. The quantitative estimate of drug-likeness (QED) is 0.873. The highest BCUT2D eigenvalue weighted by Crippen LogP contribution is 2.26. The van der Waals surface area contributed by atoms with E-state index < -0.39 is 0 Å². The number of carbonyl (C=O) groups is 1. The molecule has 1 aromatic heterocycles. The van der Waals surface area contributed by atoms with Gasteiger partial charge in [-0.15, -0.1) is 0 Å². The standard InChI is InChI=1S/C17H27N3O/c1-4-12-6-8-15(9-7-12)20-17(21)13-10-14(5-2)19-16(11-13)18-3/h10-12,15H,4-9H2,1-3H3,(H,18,19)(H,20,21). The van der Waals surface area contributed by atoms with Crippen molar-refractivity contribution in [1.82, 2.24) is 10.3 Å². The van der Waals surface area contributed by atoms with Crippen molar-refractivity contribution >= 4 is 11.7 Å². The number of rotatable bonds is 5. The topological polar surface area (TPSA) is 54.0 Å². The van der Waals surface area contributed by atoms with Crippen LogP contribution in [0.5, 0.6) is 0 Å². The summed E-state index contributed by atoms with van der Waals surface area (Å²) in [4.78, 5) is 16.9. The van der Waals surface area contributed by atoms with E-state index in [0.717, 1.165) is 36.7 Å². The van der Waals surface area contributed by atoms with E-state index in [1.807, 2.05) is 19.2 Å². The van der Waals surface area contributed by atoms with E-state index in [1.54, 1.807) is 0 Å². The molecule has 1 aliphatic carbocycles. The Kier molecular flexibility index (Phi) is 5.59. The summed E-state index contributed by atoms with van der Waals surface area (Å²) >= 11 is 0. The van der Waals surface area contributed by atoms with E-state index in [9.17, 15) is 4.79 Å². The maximum atomic E-state index is 12.4. The predicted molar refractivity (Wildman–Crippen MR) is 86.7 cm³/mol. The molecule has 116 valence electrons. The fourth-order valence-electron chi connectivity index (χ4n) is 3.01. The van der Waals surface area contributed by atoms with Gasteiger partial charge in [-0.1, -0.05) is 20.3 Å². The van der Waals surface area contributed by atoms with E-state index in [-0.39, 0.29) is 5.91 Å². The van der Waals surface area contributed by atoms with Gasteiger partial charge >= 0.3 is 0 Å². The number of nitrogens with zero attached hydrogens (tertiary/aromatic N) is 1. The molecule has 1 saturated carbocycles. The molecule has 0 aromatic carbocycles. The lowest BCUT2D eigenvalue weighted by molar-refractivity contribution is 0.0921. The number of hydrogen-bond acceptors (Lipinski definition) is 3. The summed E-state index contributed by atoms with van der Waals surface area (Å²) in [7, 11) is 1.83. The summed E-state index contributed by atoms with van der Waals surface area (Å²) in [5, 5.41) is 6.21. The molecule has 0 spiro atoms. The minimum atomic E-state index is 0.0311. The zero-order valence-corrected chi connectivity index (χ0v) is 13.4. The SMILES string of the molecule is CCc1cc(C(=O)NC2CCC(CC)CC2)cc(NC)n1. The Morgan fingerprint density at radius 2 is 1.95 bits per heavy atom. The summed E-state index contributed by atoms with van der Waals surface area (Å²) in [5.74, 6) is 1.64. The minimum absolute atomic E-state index is 0.0311. The number of amides is 1. The highest BCUT2D eigenvalue weighted by molar-refractivity contribution is 5.95. The Morgan fingerprint density at radius 3 is 2.52 bits per heavy atom. The fourth-order valence-corrected chi connectivity index (χ4v) is 3.01. The molecule has 1 fully saturated rings. The monoisotopic (exact) mass is 289 g/mol. The van der Waals surface area contributed by atoms with Crippen molar-refractivity contribution in [3.63, 3.8) is 0 Å². The average Bonchev–Trinajstić information content (AvgIpc) is 2.54. The summed E-state index contributed by atoms with van der Waals surface area (Å²) in [5.41, 5.74) is 1.66. The number of carbonyl (C=O) groups excluding carboxylic acids is 1. The van der Waals surface area contributed by atoms with Gasteiger partial charge in [-0.25, -0.2) is 4.98 Å². The first-order chi connectivity index (χ1) is 10.2. The maximum absolute atomic E-state index is 12.4. The van der Waals surface area contributed by atoms with Gasteiger partial charge in [-0.05, 0) is 50.2 Å². The van der Waals surface area contributed by atoms with Crippen LogP contribution in [0.2, 0.25) is 0 Å². The van der Waals surface area contributed by atoms with Crippen LogP contribution in [0.25, 0.3) is 0 Å². The molecule has 1 amide bonds. The third kappa shape index (κ3) is 4.19. The smallest absolute Gasteiger partial charge is 0.251 e. The van der Waals surface area contributed by atoms with Crippen molar-refractivity contribution < 1.29 is 4.79 Å². The minimum Gasteiger partial charge on any atom is -0.373 e. The van der Waals surface area contributed by atoms with Gasteiger partial charge < -0.3 is 10.6 Å². The Morgan fingerprint density at radius 1 is 1.24 bits per heavy atom. The van der Waals surface area contributed by atoms with Gasteiger partial charge in [-0.3, -0.25) is 4.79 Å². The number of hydrogen-bond donors (Lipinski definition) is 2. The fraction of sp³-hybridized carbons (Fsp3) is 0.647. The van der Waals surface area contributed by atoms with Crippen LogP contribution < -0.4 is 10.6 Å². The van der Waals surface area contributed by atoms with Gasteiger partial charge in [0.05, 0.1) is 0 Å². The highest BCUT2D eigenvalue weighted by Gasteiger charge is 2.22. The third-order valence-corrected chi connectivity index (χ3v) is 4.52. The molecule has 1 aromatic rings. The molecule has 21 heavy (non-hydrogen) atoms. The van der Waals surface area contributed by atoms with Crippen molar-refractivity contribution in [2.45, 2.75) is 58.4 Å². The molecular weight excluding hydrogens is 262 g/mol. The zero-order chi connectivity index (χ0) is 15.2. The molecule has 1 aliphatic rings. The summed E-state index contributed by atoms with van der Waals surface area (Å²) in [6.07, 6.45) is 6.77. The van der Waals surface area contributed by atoms with Gasteiger partial charge in [0.2, 0.25) is 0 Å². The van der Waals surface area contributed by atoms with Crippen LogP contribution in [0.4, 0.5) is 5.82 Å². The second-order valence-electron chi connectivity index (χ2n) is 5.94. The molecule has 0 radical (unpaired) electrons. The van der Waals surface area contributed by atoms with Crippen LogP contribution in [-0.2, 0) is 6.42 Å². The lowest BCUT2D eigenvalue weighted by atomic mass is 9.84. The van der Waals surface area contributed by atoms with Crippen molar-refractivity contribution in [2.75, 3.05) is 12.4 Å². The van der Waals surface area contributed by atoms with Crippen molar-refractivity contribution in [3.8, 4) is 0 Å². The molecule has 0 aliphatic heterocycles. The molecule has 2 N–H and O–H groups in total. The number of aromatic nitrogens is 1. The molecule has 0 bridgehead atoms. The number of pyridine rings is 1. The van der Waals surface area contributed by atoms with Crippen LogP contribution in [0.3, 0.4) is 0 Å². The first kappa shape index (κ1) is 15.8. The third-order valence-electron chi connectivity index (χ3n) is 4.52. The van der Waals surface area contributed by atoms with E-state index in [4.69, 9.17) is 0 Å². The lowest BCUT2D eigenvalue weighted by Crippen LogP contribution is -2.37. The van der Waals surface area contributed by atoms with Crippen LogP contribution >= 0.6 is 0 Å². The molecule has 0 saturated heterocycles. The van der Waals surface area contributed by atoms with E-state index >= 15 is 0 Å². The lowest BCUT2D eigenvalue weighted by Gasteiger charge is -2.28. The average molecular weight is 289 g/mol. The van der Waals surface area contributed by atoms with Crippen LogP contribution in [0.15, 0.2) is 12.1 Å². The predicted octanol–water partition coefficient (Wildman–Crippen LogP) is 3.38.